The van der Waals surface area contributed by atoms with Gasteiger partial charge in [0.25, 0.3) is 5.91 Å². The molecule has 148 valence electrons. The fourth-order valence-electron chi connectivity index (χ4n) is 2.89. The Morgan fingerprint density at radius 1 is 1.38 bits per heavy atom. The highest BCUT2D eigenvalue weighted by Crippen LogP contribution is 2.30. The molecule has 0 unspecified atom stereocenters. The molecule has 1 aromatic heterocycles. The second kappa shape index (κ2) is 7.90. The van der Waals surface area contributed by atoms with Gasteiger partial charge in [0.2, 0.25) is 0 Å². The Labute approximate surface area is 169 Å². The normalized spacial score (nSPS) is 13.2. The molecule has 1 amide bonds. The molecule has 1 aliphatic rings. The molecule has 0 aliphatic carbocycles. The Hall–Kier alpha value is -3.43. The minimum atomic E-state index is -0.735. The van der Waals surface area contributed by atoms with Crippen LogP contribution < -0.4 is 15.8 Å². The molecule has 3 aromatic rings. The van der Waals surface area contributed by atoms with Gasteiger partial charge in [0.15, 0.2) is 18.4 Å². The summed E-state index contributed by atoms with van der Waals surface area (Å²) < 4.78 is 24.5. The maximum absolute atomic E-state index is 13.9. The van der Waals surface area contributed by atoms with Gasteiger partial charge in [0, 0.05) is 28.1 Å². The van der Waals surface area contributed by atoms with Crippen LogP contribution in [0.4, 0.5) is 21.7 Å². The molecular weight excluding hydrogens is 401 g/mol. The number of aromatic nitrogens is 2. The van der Waals surface area contributed by atoms with E-state index in [4.69, 9.17) is 26.8 Å². The molecule has 4 rings (SSSR count). The lowest BCUT2D eigenvalue weighted by Gasteiger charge is -2.19. The third-order valence-electron chi connectivity index (χ3n) is 4.12. The molecule has 10 heteroatoms. The van der Waals surface area contributed by atoms with Crippen molar-refractivity contribution in [3.63, 3.8) is 0 Å². The molecular formula is C19H15ClFN5O3. The molecule has 0 saturated carbocycles. The number of hydrogen-bond acceptors (Lipinski definition) is 6. The molecule has 29 heavy (non-hydrogen) atoms. The number of anilines is 2. The van der Waals surface area contributed by atoms with Crippen LogP contribution in [-0.2, 0) is 11.3 Å². The summed E-state index contributed by atoms with van der Waals surface area (Å²) in [7, 11) is 0. The monoisotopic (exact) mass is 415 g/mol. The molecule has 0 fully saturated rings. The van der Waals surface area contributed by atoms with Gasteiger partial charge in [-0.25, -0.2) is 9.38 Å². The topological polar surface area (TPSA) is 115 Å². The number of halogens is 2. The zero-order valence-electron chi connectivity index (χ0n) is 14.9. The lowest BCUT2D eigenvalue weighted by atomic mass is 10.1. The first-order valence-corrected chi connectivity index (χ1v) is 8.87. The lowest BCUT2D eigenvalue weighted by Crippen LogP contribution is -2.13. The van der Waals surface area contributed by atoms with Gasteiger partial charge in [0.05, 0.1) is 6.61 Å². The van der Waals surface area contributed by atoms with Gasteiger partial charge in [0.1, 0.15) is 17.1 Å². The minimum Gasteiger partial charge on any atom is -0.466 e. The Morgan fingerprint density at radius 3 is 3.03 bits per heavy atom. The number of hydrogen-bond donors (Lipinski definition) is 3. The number of aliphatic imine (C=N–C) groups is 1. The molecule has 2 aromatic carbocycles. The van der Waals surface area contributed by atoms with Crippen LogP contribution in [0.25, 0.3) is 0 Å². The van der Waals surface area contributed by atoms with E-state index in [1.165, 1.54) is 18.3 Å². The Balaban J connectivity index is 1.67. The molecule has 0 saturated heterocycles. The number of carbonyl (C=O) groups is 1. The Bertz CT molecular complexity index is 1120. The summed E-state index contributed by atoms with van der Waals surface area (Å²) in [5.74, 6) is -0.410. The molecule has 8 nitrogen and oxygen atoms in total. The summed E-state index contributed by atoms with van der Waals surface area (Å²) >= 11 is 5.97. The standard InChI is InChI=1S/C19H15ClFN5O3/c20-12-2-1-3-14(6-12)24-19-15(17(22)27)18(25-26-19)23-7-10-4-13(21)5-11-8-28-9-29-16(10)11/h1-7H,8-9H2,(H2,22,27)(H2,24,25,26)/b23-7+. The predicted molar refractivity (Wildman–Crippen MR) is 106 cm³/mol. The van der Waals surface area contributed by atoms with Gasteiger partial charge in [-0.3, -0.25) is 9.89 Å². The van der Waals surface area contributed by atoms with E-state index in [-0.39, 0.29) is 30.6 Å². The van der Waals surface area contributed by atoms with E-state index in [2.05, 4.69) is 20.5 Å². The SMILES string of the molecule is NC(=O)c1c(Nc2cccc(Cl)c2)n[nH]c1/N=C/c1cc(F)cc2c1OCOC2. The Morgan fingerprint density at radius 2 is 2.24 bits per heavy atom. The first-order chi connectivity index (χ1) is 14.0. The van der Waals surface area contributed by atoms with E-state index in [9.17, 15) is 9.18 Å². The number of ether oxygens (including phenoxy) is 2. The van der Waals surface area contributed by atoms with Crippen molar-refractivity contribution < 1.29 is 18.7 Å². The van der Waals surface area contributed by atoms with Crippen LogP contribution in [-0.4, -0.2) is 29.1 Å². The van der Waals surface area contributed by atoms with Crippen molar-refractivity contribution in [2.24, 2.45) is 10.7 Å². The molecule has 0 spiro atoms. The highest BCUT2D eigenvalue weighted by Gasteiger charge is 2.19. The summed E-state index contributed by atoms with van der Waals surface area (Å²) in [5.41, 5.74) is 7.15. The third-order valence-corrected chi connectivity index (χ3v) is 4.35. The smallest absolute Gasteiger partial charge is 0.256 e. The third kappa shape index (κ3) is 4.05. The second-order valence-electron chi connectivity index (χ2n) is 6.15. The zero-order chi connectivity index (χ0) is 20.4. The number of nitrogens with zero attached hydrogens (tertiary/aromatic N) is 2. The minimum absolute atomic E-state index is 0.0516. The van der Waals surface area contributed by atoms with Crippen LogP contribution in [0.5, 0.6) is 5.75 Å². The quantitative estimate of drug-likeness (QED) is 0.550. The number of nitrogens with two attached hydrogens (primary N) is 1. The van der Waals surface area contributed by atoms with Crippen molar-refractivity contribution in [2.45, 2.75) is 6.61 Å². The van der Waals surface area contributed by atoms with Gasteiger partial charge in [-0.1, -0.05) is 17.7 Å². The maximum atomic E-state index is 13.9. The summed E-state index contributed by atoms with van der Waals surface area (Å²) in [6.07, 6.45) is 1.37. The lowest BCUT2D eigenvalue weighted by molar-refractivity contribution is -0.0166. The van der Waals surface area contributed by atoms with Crippen LogP contribution in [0.3, 0.4) is 0 Å². The average Bonchev–Trinajstić information content (AvgIpc) is 3.08. The van der Waals surface area contributed by atoms with E-state index < -0.39 is 11.7 Å². The second-order valence-corrected chi connectivity index (χ2v) is 6.58. The van der Waals surface area contributed by atoms with Gasteiger partial charge < -0.3 is 20.5 Å². The zero-order valence-corrected chi connectivity index (χ0v) is 15.7. The number of aromatic amines is 1. The number of amides is 1. The van der Waals surface area contributed by atoms with Crippen molar-refractivity contribution in [3.05, 3.63) is 63.9 Å². The van der Waals surface area contributed by atoms with Crippen LogP contribution >= 0.6 is 11.6 Å². The molecule has 0 bridgehead atoms. The van der Waals surface area contributed by atoms with Crippen molar-refractivity contribution in [1.82, 2.24) is 10.2 Å². The first-order valence-electron chi connectivity index (χ1n) is 8.49. The van der Waals surface area contributed by atoms with Crippen LogP contribution in [0.15, 0.2) is 41.4 Å². The van der Waals surface area contributed by atoms with E-state index in [0.717, 1.165) is 0 Å². The highest BCUT2D eigenvalue weighted by atomic mass is 35.5. The van der Waals surface area contributed by atoms with Gasteiger partial charge in [-0.15, -0.1) is 0 Å². The first kappa shape index (κ1) is 18.9. The summed E-state index contributed by atoms with van der Waals surface area (Å²) in [5, 5.41) is 10.2. The maximum Gasteiger partial charge on any atom is 0.256 e. The van der Waals surface area contributed by atoms with E-state index in [0.29, 0.717) is 27.6 Å². The van der Waals surface area contributed by atoms with E-state index >= 15 is 0 Å². The molecule has 1 aliphatic heterocycles. The number of nitrogens with one attached hydrogen (secondary N) is 2. The van der Waals surface area contributed by atoms with Crippen LogP contribution in [0.1, 0.15) is 21.5 Å². The fraction of sp³-hybridized carbons (Fsp3) is 0.105. The van der Waals surface area contributed by atoms with Gasteiger partial charge in [-0.2, -0.15) is 5.10 Å². The van der Waals surface area contributed by atoms with Gasteiger partial charge in [-0.05, 0) is 30.3 Å². The van der Waals surface area contributed by atoms with E-state index in [1.807, 2.05) is 0 Å². The molecule has 2 heterocycles. The van der Waals surface area contributed by atoms with Crippen molar-refractivity contribution >= 4 is 41.0 Å². The van der Waals surface area contributed by atoms with Crippen molar-refractivity contribution in [2.75, 3.05) is 12.1 Å². The van der Waals surface area contributed by atoms with Crippen molar-refractivity contribution in [1.29, 1.82) is 0 Å². The van der Waals surface area contributed by atoms with Gasteiger partial charge >= 0.3 is 0 Å². The predicted octanol–water partition coefficient (Wildman–Crippen LogP) is 3.66. The van der Waals surface area contributed by atoms with Crippen LogP contribution in [0.2, 0.25) is 5.02 Å². The largest absolute Gasteiger partial charge is 0.466 e. The number of rotatable bonds is 5. The molecule has 4 N–H and O–H groups in total. The number of H-pyrrole nitrogens is 1. The number of fused-ring (bicyclic) bond motifs is 1. The summed E-state index contributed by atoms with van der Waals surface area (Å²) in [4.78, 5) is 16.2. The number of primary amides is 1. The average molecular weight is 416 g/mol. The Kier molecular flexibility index (Phi) is 5.15. The van der Waals surface area contributed by atoms with Crippen LogP contribution in [0, 0.1) is 5.82 Å². The molecule has 0 atom stereocenters. The summed E-state index contributed by atoms with van der Waals surface area (Å²) in [6.45, 7) is 0.294. The number of carbonyl (C=O) groups excluding carboxylic acids is 1. The van der Waals surface area contributed by atoms with Crippen molar-refractivity contribution in [3.8, 4) is 5.75 Å². The van der Waals surface area contributed by atoms with E-state index in [1.54, 1.807) is 24.3 Å². The number of benzene rings is 2. The summed E-state index contributed by atoms with van der Waals surface area (Å²) in [6, 6.07) is 9.50. The fourth-order valence-corrected chi connectivity index (χ4v) is 3.08. The highest BCUT2D eigenvalue weighted by molar-refractivity contribution is 6.30. The molecule has 0 radical (unpaired) electrons.